The zero-order valence-corrected chi connectivity index (χ0v) is 9.45. The Bertz CT molecular complexity index is 318. The molecule has 1 aromatic rings. The highest BCUT2D eigenvalue weighted by Gasteiger charge is 2.07. The Kier molecular flexibility index (Phi) is 4.88. The van der Waals surface area contributed by atoms with Crippen LogP contribution in [0.1, 0.15) is 31.7 Å². The van der Waals surface area contributed by atoms with Crippen LogP contribution >= 0.6 is 0 Å². The third-order valence-corrected chi connectivity index (χ3v) is 2.39. The number of methoxy groups -OCH3 is 1. The van der Waals surface area contributed by atoms with Crippen molar-refractivity contribution in [2.24, 2.45) is 0 Å². The summed E-state index contributed by atoms with van der Waals surface area (Å²) in [6, 6.07) is 7.69. The van der Waals surface area contributed by atoms with Crippen LogP contribution in [0, 0.1) is 0 Å². The Morgan fingerprint density at radius 2 is 2.07 bits per heavy atom. The van der Waals surface area contributed by atoms with Crippen LogP contribution in [0.3, 0.4) is 0 Å². The van der Waals surface area contributed by atoms with Crippen LogP contribution in [-0.4, -0.2) is 12.9 Å². The highest BCUT2D eigenvalue weighted by molar-refractivity contribution is 5.81. The molecule has 0 saturated heterocycles. The monoisotopic (exact) mass is 206 g/mol. The lowest BCUT2D eigenvalue weighted by Crippen LogP contribution is -2.03. The second-order valence-corrected chi connectivity index (χ2v) is 3.63. The zero-order valence-electron chi connectivity index (χ0n) is 9.45. The molecule has 1 aromatic carbocycles. The Morgan fingerprint density at radius 3 is 2.73 bits per heavy atom. The molecule has 0 amide bonds. The normalized spacial score (nSPS) is 10.0. The molecule has 0 bridgehead atoms. The highest BCUT2D eigenvalue weighted by atomic mass is 16.5. The van der Waals surface area contributed by atoms with E-state index in [9.17, 15) is 4.79 Å². The standard InChI is InChI=1S/C13H18O2/c1-3-4-8-12(14)10-11-7-5-6-9-13(11)15-2/h5-7,9H,3-4,8,10H2,1-2H3. The van der Waals surface area contributed by atoms with Crippen LogP contribution in [0.15, 0.2) is 24.3 Å². The number of hydrogen-bond acceptors (Lipinski definition) is 2. The van der Waals surface area contributed by atoms with Gasteiger partial charge in [-0.1, -0.05) is 31.5 Å². The van der Waals surface area contributed by atoms with Crippen molar-refractivity contribution in [3.05, 3.63) is 29.8 Å². The topological polar surface area (TPSA) is 26.3 Å². The molecule has 0 N–H and O–H groups in total. The zero-order chi connectivity index (χ0) is 11.1. The van der Waals surface area contributed by atoms with E-state index in [-0.39, 0.29) is 0 Å². The van der Waals surface area contributed by atoms with Crippen LogP contribution in [0.25, 0.3) is 0 Å². The summed E-state index contributed by atoms with van der Waals surface area (Å²) < 4.78 is 5.20. The van der Waals surface area contributed by atoms with Crippen molar-refractivity contribution in [3.8, 4) is 5.75 Å². The van der Waals surface area contributed by atoms with Crippen LogP contribution < -0.4 is 4.74 Å². The Balaban J connectivity index is 2.59. The molecular formula is C13H18O2. The van der Waals surface area contributed by atoms with Gasteiger partial charge < -0.3 is 4.74 Å². The summed E-state index contributed by atoms with van der Waals surface area (Å²) in [7, 11) is 1.63. The van der Waals surface area contributed by atoms with E-state index < -0.39 is 0 Å². The Morgan fingerprint density at radius 1 is 1.33 bits per heavy atom. The van der Waals surface area contributed by atoms with Crippen LogP contribution in [0.2, 0.25) is 0 Å². The predicted octanol–water partition coefficient (Wildman–Crippen LogP) is 3.00. The van der Waals surface area contributed by atoms with Gasteiger partial charge in [0.1, 0.15) is 11.5 Å². The number of carbonyl (C=O) groups is 1. The fourth-order valence-electron chi connectivity index (χ4n) is 1.52. The average Bonchev–Trinajstić information content (AvgIpc) is 2.27. The van der Waals surface area contributed by atoms with Gasteiger partial charge in [-0.05, 0) is 12.5 Å². The lowest BCUT2D eigenvalue weighted by molar-refractivity contribution is -0.118. The highest BCUT2D eigenvalue weighted by Crippen LogP contribution is 2.18. The molecule has 0 radical (unpaired) electrons. The third-order valence-electron chi connectivity index (χ3n) is 2.39. The van der Waals surface area contributed by atoms with E-state index >= 15 is 0 Å². The van der Waals surface area contributed by atoms with E-state index in [1.54, 1.807) is 7.11 Å². The molecule has 0 aliphatic rings. The van der Waals surface area contributed by atoms with Gasteiger partial charge in [-0.15, -0.1) is 0 Å². The number of Topliss-reactive ketones (excluding diaryl/α,β-unsaturated/α-hetero) is 1. The average molecular weight is 206 g/mol. The first kappa shape index (κ1) is 11.8. The summed E-state index contributed by atoms with van der Waals surface area (Å²) in [4.78, 5) is 11.6. The van der Waals surface area contributed by atoms with Gasteiger partial charge in [0.25, 0.3) is 0 Å². The molecule has 0 unspecified atom stereocenters. The van der Waals surface area contributed by atoms with Gasteiger partial charge in [0, 0.05) is 18.4 Å². The van der Waals surface area contributed by atoms with Crippen molar-refractivity contribution in [3.63, 3.8) is 0 Å². The third kappa shape index (κ3) is 3.74. The minimum atomic E-state index is 0.293. The van der Waals surface area contributed by atoms with Gasteiger partial charge in [-0.3, -0.25) is 4.79 Å². The molecule has 0 spiro atoms. The maximum atomic E-state index is 11.6. The van der Waals surface area contributed by atoms with Crippen molar-refractivity contribution < 1.29 is 9.53 Å². The molecule has 0 aromatic heterocycles. The Hall–Kier alpha value is -1.31. The summed E-state index contributed by atoms with van der Waals surface area (Å²) in [6.45, 7) is 2.09. The molecule has 0 aliphatic carbocycles. The molecule has 82 valence electrons. The van der Waals surface area contributed by atoms with Crippen molar-refractivity contribution in [2.75, 3.05) is 7.11 Å². The fraction of sp³-hybridized carbons (Fsp3) is 0.462. The summed E-state index contributed by atoms with van der Waals surface area (Å²) >= 11 is 0. The predicted molar refractivity (Wildman–Crippen MR) is 61.2 cm³/mol. The lowest BCUT2D eigenvalue weighted by atomic mass is 10.0. The molecule has 0 fully saturated rings. The number of carbonyl (C=O) groups excluding carboxylic acids is 1. The first-order valence-electron chi connectivity index (χ1n) is 5.41. The van der Waals surface area contributed by atoms with Gasteiger partial charge >= 0.3 is 0 Å². The van der Waals surface area contributed by atoms with Gasteiger partial charge in [0.15, 0.2) is 0 Å². The molecule has 0 aliphatic heterocycles. The van der Waals surface area contributed by atoms with Gasteiger partial charge in [0.05, 0.1) is 7.11 Å². The van der Waals surface area contributed by atoms with E-state index in [1.165, 1.54) is 0 Å². The number of para-hydroxylation sites is 1. The van der Waals surface area contributed by atoms with E-state index in [1.807, 2.05) is 24.3 Å². The molecule has 0 saturated carbocycles. The second kappa shape index (κ2) is 6.23. The molecular weight excluding hydrogens is 188 g/mol. The van der Waals surface area contributed by atoms with E-state index in [4.69, 9.17) is 4.74 Å². The smallest absolute Gasteiger partial charge is 0.137 e. The Labute approximate surface area is 91.3 Å². The van der Waals surface area contributed by atoms with Gasteiger partial charge in [0.2, 0.25) is 0 Å². The molecule has 1 rings (SSSR count). The summed E-state index contributed by atoms with van der Waals surface area (Å²) in [5, 5.41) is 0. The minimum Gasteiger partial charge on any atom is -0.496 e. The summed E-state index contributed by atoms with van der Waals surface area (Å²) in [6.07, 6.45) is 3.21. The van der Waals surface area contributed by atoms with E-state index in [0.29, 0.717) is 18.6 Å². The SMILES string of the molecule is CCCCC(=O)Cc1ccccc1OC. The summed E-state index contributed by atoms with van der Waals surface area (Å²) in [5.74, 6) is 1.10. The summed E-state index contributed by atoms with van der Waals surface area (Å²) in [5.41, 5.74) is 0.987. The fourth-order valence-corrected chi connectivity index (χ4v) is 1.52. The van der Waals surface area contributed by atoms with Crippen molar-refractivity contribution in [1.29, 1.82) is 0 Å². The minimum absolute atomic E-state index is 0.293. The number of benzene rings is 1. The number of unbranched alkanes of at least 4 members (excludes halogenated alkanes) is 1. The largest absolute Gasteiger partial charge is 0.496 e. The van der Waals surface area contributed by atoms with Crippen LogP contribution in [0.4, 0.5) is 0 Å². The van der Waals surface area contributed by atoms with E-state index in [2.05, 4.69) is 6.92 Å². The molecule has 2 nitrogen and oxygen atoms in total. The number of hydrogen-bond donors (Lipinski definition) is 0. The van der Waals surface area contributed by atoms with E-state index in [0.717, 1.165) is 24.2 Å². The van der Waals surface area contributed by atoms with Crippen molar-refractivity contribution in [2.45, 2.75) is 32.6 Å². The first-order valence-corrected chi connectivity index (χ1v) is 5.41. The first-order chi connectivity index (χ1) is 7.27. The maximum absolute atomic E-state index is 11.6. The number of ketones is 1. The maximum Gasteiger partial charge on any atom is 0.137 e. The van der Waals surface area contributed by atoms with Crippen molar-refractivity contribution >= 4 is 5.78 Å². The van der Waals surface area contributed by atoms with Gasteiger partial charge in [-0.2, -0.15) is 0 Å². The number of ether oxygens (including phenoxy) is 1. The number of rotatable bonds is 6. The lowest BCUT2D eigenvalue weighted by Gasteiger charge is -2.06. The van der Waals surface area contributed by atoms with Crippen LogP contribution in [-0.2, 0) is 11.2 Å². The van der Waals surface area contributed by atoms with Crippen LogP contribution in [0.5, 0.6) is 5.75 Å². The molecule has 15 heavy (non-hydrogen) atoms. The van der Waals surface area contributed by atoms with Crippen molar-refractivity contribution in [1.82, 2.24) is 0 Å². The quantitative estimate of drug-likeness (QED) is 0.715. The molecule has 0 atom stereocenters. The molecule has 0 heterocycles. The van der Waals surface area contributed by atoms with Gasteiger partial charge in [-0.25, -0.2) is 0 Å². The molecule has 2 heteroatoms. The second-order valence-electron chi connectivity index (χ2n) is 3.63.